The van der Waals surface area contributed by atoms with Gasteiger partial charge < -0.3 is 0 Å². The van der Waals surface area contributed by atoms with Gasteiger partial charge in [0.2, 0.25) is 0 Å². The second-order valence-electron chi connectivity index (χ2n) is 5.98. The summed E-state index contributed by atoms with van der Waals surface area (Å²) in [6.07, 6.45) is 6.19. The van der Waals surface area contributed by atoms with Crippen LogP contribution in [0.5, 0.6) is 0 Å². The van der Waals surface area contributed by atoms with Crippen molar-refractivity contribution in [2.75, 3.05) is 20.1 Å². The van der Waals surface area contributed by atoms with Crippen LogP contribution >= 0.6 is 0 Å². The first kappa shape index (κ1) is 28.1. The summed E-state index contributed by atoms with van der Waals surface area (Å²) < 4.78 is 0. The Hall–Kier alpha value is -2.16. The van der Waals surface area contributed by atoms with Crippen LogP contribution < -0.4 is 0 Å². The Labute approximate surface area is 174 Å². The van der Waals surface area contributed by atoms with Crippen molar-refractivity contribution >= 4 is 0 Å². The molecule has 3 heteroatoms. The maximum atomic E-state index is 3.94. The maximum Gasteiger partial charge on any atom is 0.0509 e. The van der Waals surface area contributed by atoms with Crippen molar-refractivity contribution in [3.63, 3.8) is 0 Å². The van der Waals surface area contributed by atoms with Crippen LogP contribution in [0.3, 0.4) is 0 Å². The van der Waals surface area contributed by atoms with E-state index in [-0.39, 0.29) is 7.43 Å². The van der Waals surface area contributed by atoms with Gasteiger partial charge in [-0.05, 0) is 43.2 Å². The van der Waals surface area contributed by atoms with Gasteiger partial charge in [0.1, 0.15) is 0 Å². The first-order chi connectivity index (χ1) is 13.3. The third kappa shape index (κ3) is 15.0. The lowest BCUT2D eigenvalue weighted by Gasteiger charge is -2.21. The molecule has 2 aromatic carbocycles. The van der Waals surface area contributed by atoms with Crippen LogP contribution in [0, 0.1) is 0 Å². The Kier molecular flexibility index (Phi) is 21.2. The van der Waals surface area contributed by atoms with Crippen molar-refractivity contribution < 1.29 is 0 Å². The van der Waals surface area contributed by atoms with E-state index in [0.29, 0.717) is 0 Å². The molecule has 0 bridgehead atoms. The highest BCUT2D eigenvalue weighted by Gasteiger charge is 2.05. The third-order valence-corrected chi connectivity index (χ3v) is 4.05. The molecule has 0 aromatic heterocycles. The first-order valence-corrected chi connectivity index (χ1v) is 10.4. The average molecular weight is 386 g/mol. The van der Waals surface area contributed by atoms with E-state index in [2.05, 4.69) is 72.7 Å². The molecule has 3 rings (SSSR count). The minimum atomic E-state index is 0. The Bertz CT molecular complexity index is 507. The number of hydrogen-bond donors (Lipinski definition) is 0. The van der Waals surface area contributed by atoms with E-state index in [1.165, 1.54) is 30.4 Å². The Morgan fingerprint density at radius 3 is 1.39 bits per heavy atom. The van der Waals surface area contributed by atoms with Crippen molar-refractivity contribution in [2.45, 2.75) is 67.2 Å². The summed E-state index contributed by atoms with van der Waals surface area (Å²) in [5, 5.41) is 9.68. The van der Waals surface area contributed by atoms with E-state index in [9.17, 15) is 0 Å². The summed E-state index contributed by atoms with van der Waals surface area (Å²) in [6, 6.07) is 20.9. The summed E-state index contributed by atoms with van der Waals surface area (Å²) in [7, 11) is 1.72. The Morgan fingerprint density at radius 2 is 1.11 bits per heavy atom. The Morgan fingerprint density at radius 1 is 0.714 bits per heavy atom. The molecular weight excluding hydrogens is 342 g/mol. The number of aryl methyl sites for hydroxylation is 2. The average Bonchev–Trinajstić information content (AvgIpc) is 2.78. The van der Waals surface area contributed by atoms with Gasteiger partial charge in [-0.15, -0.1) is 0 Å². The van der Waals surface area contributed by atoms with Crippen molar-refractivity contribution in [1.29, 1.82) is 0 Å². The fourth-order valence-electron chi connectivity index (χ4n) is 2.52. The van der Waals surface area contributed by atoms with Crippen LogP contribution in [0.4, 0.5) is 0 Å². The maximum absolute atomic E-state index is 3.94. The highest BCUT2D eigenvalue weighted by atomic mass is 15.5. The fraction of sp³-hybridized carbons (Fsp3) is 0.520. The number of rotatable bonds is 3. The molecule has 2 aromatic rings. The van der Waals surface area contributed by atoms with Crippen LogP contribution in [0.1, 0.15) is 65.5 Å². The lowest BCUT2D eigenvalue weighted by molar-refractivity contribution is 0.223. The molecular formula is C25H43N3. The Balaban J connectivity index is 0. The minimum Gasteiger partial charge on any atom is -0.279 e. The van der Waals surface area contributed by atoms with Gasteiger partial charge >= 0.3 is 0 Å². The summed E-state index contributed by atoms with van der Waals surface area (Å²) in [5.74, 6) is 0. The van der Waals surface area contributed by atoms with Gasteiger partial charge in [0, 0.05) is 13.1 Å². The molecule has 1 aliphatic heterocycles. The van der Waals surface area contributed by atoms with Crippen LogP contribution in [0.2, 0.25) is 0 Å². The molecule has 0 unspecified atom stereocenters. The van der Waals surface area contributed by atoms with Gasteiger partial charge in [-0.1, -0.05) is 101 Å². The fourth-order valence-corrected chi connectivity index (χ4v) is 2.52. The van der Waals surface area contributed by atoms with Crippen LogP contribution in [0.25, 0.3) is 0 Å². The summed E-state index contributed by atoms with van der Waals surface area (Å²) in [4.78, 5) is 0. The van der Waals surface area contributed by atoms with Gasteiger partial charge in [-0.25, -0.2) is 0 Å². The van der Waals surface area contributed by atoms with Crippen LogP contribution in [0.15, 0.2) is 71.0 Å². The van der Waals surface area contributed by atoms with Gasteiger partial charge in [0.25, 0.3) is 0 Å². The van der Waals surface area contributed by atoms with Gasteiger partial charge in [0.05, 0.1) is 7.05 Å². The van der Waals surface area contributed by atoms with Gasteiger partial charge in [-0.2, -0.15) is 5.11 Å². The molecule has 1 aliphatic rings. The zero-order chi connectivity index (χ0) is 20.2. The van der Waals surface area contributed by atoms with Crippen molar-refractivity contribution in [2.24, 2.45) is 10.3 Å². The molecule has 0 saturated carbocycles. The number of benzene rings is 2. The number of hydrogen-bond acceptors (Lipinski definition) is 2. The summed E-state index contributed by atoms with van der Waals surface area (Å²) in [6.45, 7) is 10.5. The number of nitrogens with zero attached hydrogens (tertiary/aromatic N) is 3. The van der Waals surface area contributed by atoms with Crippen molar-refractivity contribution in [1.82, 2.24) is 5.01 Å². The molecule has 1 saturated heterocycles. The first-order valence-electron chi connectivity index (χ1n) is 10.4. The summed E-state index contributed by atoms with van der Waals surface area (Å²) >= 11 is 0. The second kappa shape index (κ2) is 21.1. The van der Waals surface area contributed by atoms with E-state index in [1.807, 2.05) is 31.0 Å². The highest BCUT2D eigenvalue weighted by molar-refractivity contribution is 5.14. The molecule has 0 aliphatic carbocycles. The standard InChI is InChI=1S/2C8H10.C6H13N3.C2H6.CH4/c2*1-2-8-6-4-3-5-7-8;1-7-8-9-5-3-2-4-6-9;1-2;/h2*3-7H,2H2,1H3;2-6H2,1H3;1-2H3;1H4. The molecule has 1 fully saturated rings. The molecule has 0 atom stereocenters. The van der Waals surface area contributed by atoms with Crippen LogP contribution in [-0.2, 0) is 12.8 Å². The van der Waals surface area contributed by atoms with Crippen LogP contribution in [-0.4, -0.2) is 25.1 Å². The van der Waals surface area contributed by atoms with Gasteiger partial charge in [-0.3, -0.25) is 5.01 Å². The predicted molar refractivity (Wildman–Crippen MR) is 126 cm³/mol. The third-order valence-electron chi connectivity index (χ3n) is 4.05. The van der Waals surface area contributed by atoms with Crippen molar-refractivity contribution in [3.8, 4) is 0 Å². The number of piperidine rings is 1. The highest BCUT2D eigenvalue weighted by Crippen LogP contribution is 2.08. The summed E-state index contributed by atoms with van der Waals surface area (Å²) in [5.41, 5.74) is 2.82. The topological polar surface area (TPSA) is 28.0 Å². The molecule has 0 spiro atoms. The van der Waals surface area contributed by atoms with E-state index in [0.717, 1.165) is 25.9 Å². The molecule has 0 amide bonds. The van der Waals surface area contributed by atoms with E-state index >= 15 is 0 Å². The SMILES string of the molecule is C.CC.CCc1ccccc1.CCc1ccccc1.CN=NN1CCCCC1. The van der Waals surface area contributed by atoms with Crippen molar-refractivity contribution in [3.05, 3.63) is 71.8 Å². The monoisotopic (exact) mass is 385 g/mol. The molecule has 158 valence electrons. The lowest BCUT2D eigenvalue weighted by atomic mass is 10.2. The van der Waals surface area contributed by atoms with Gasteiger partial charge in [0.15, 0.2) is 0 Å². The van der Waals surface area contributed by atoms with E-state index < -0.39 is 0 Å². The van der Waals surface area contributed by atoms with E-state index in [4.69, 9.17) is 0 Å². The predicted octanol–water partition coefficient (Wildman–Crippen LogP) is 7.63. The molecule has 3 nitrogen and oxygen atoms in total. The minimum absolute atomic E-state index is 0. The lowest BCUT2D eigenvalue weighted by Crippen LogP contribution is -2.23. The molecule has 28 heavy (non-hydrogen) atoms. The smallest absolute Gasteiger partial charge is 0.0509 e. The zero-order valence-electron chi connectivity index (χ0n) is 18.1. The molecule has 0 N–H and O–H groups in total. The second-order valence-corrected chi connectivity index (χ2v) is 5.98. The largest absolute Gasteiger partial charge is 0.279 e. The zero-order valence-corrected chi connectivity index (χ0v) is 18.1. The van der Waals surface area contributed by atoms with E-state index in [1.54, 1.807) is 7.05 Å². The normalized spacial score (nSPS) is 12.2. The quantitative estimate of drug-likeness (QED) is 0.499. The molecule has 1 heterocycles. The molecule has 0 radical (unpaired) electrons.